The molecule has 1 N–H and O–H groups in total. The lowest BCUT2D eigenvalue weighted by atomic mass is 9.93. The first kappa shape index (κ1) is 10.8. The maximum atomic E-state index is 11.7. The van der Waals surface area contributed by atoms with E-state index in [1.165, 1.54) is 44.9 Å². The Labute approximate surface area is 92.2 Å². The number of amides is 2. The third kappa shape index (κ3) is 2.86. The number of carbonyl (C=O) groups is 1. The van der Waals surface area contributed by atoms with Gasteiger partial charge in [-0.1, -0.05) is 12.8 Å². The highest BCUT2D eigenvalue weighted by molar-refractivity contribution is 5.74. The quantitative estimate of drug-likeness (QED) is 0.762. The second kappa shape index (κ2) is 4.86. The Hall–Kier alpha value is -0.730. The Morgan fingerprint density at radius 3 is 2.40 bits per heavy atom. The van der Waals surface area contributed by atoms with Crippen LogP contribution in [-0.2, 0) is 0 Å². The fourth-order valence-electron chi connectivity index (χ4n) is 2.50. The summed E-state index contributed by atoms with van der Waals surface area (Å²) in [5.74, 6) is 0.752. The van der Waals surface area contributed by atoms with E-state index in [1.54, 1.807) is 0 Å². The third-order valence-corrected chi connectivity index (χ3v) is 3.79. The van der Waals surface area contributed by atoms with Gasteiger partial charge in [0, 0.05) is 19.6 Å². The number of urea groups is 1. The molecule has 0 aromatic rings. The van der Waals surface area contributed by atoms with Gasteiger partial charge in [0.15, 0.2) is 0 Å². The van der Waals surface area contributed by atoms with E-state index < -0.39 is 0 Å². The van der Waals surface area contributed by atoms with Crippen LogP contribution in [0.25, 0.3) is 0 Å². The Bertz CT molecular complexity index is 220. The highest BCUT2D eigenvalue weighted by Gasteiger charge is 2.23. The van der Waals surface area contributed by atoms with E-state index in [9.17, 15) is 4.79 Å². The molecule has 0 aromatic carbocycles. The predicted molar refractivity (Wildman–Crippen MR) is 60.8 cm³/mol. The summed E-state index contributed by atoms with van der Waals surface area (Å²) in [6.45, 7) is 0.943. The van der Waals surface area contributed by atoms with Crippen LogP contribution in [0.4, 0.5) is 4.79 Å². The van der Waals surface area contributed by atoms with Gasteiger partial charge < -0.3 is 10.2 Å². The van der Waals surface area contributed by atoms with Crippen molar-refractivity contribution < 1.29 is 4.79 Å². The summed E-state index contributed by atoms with van der Waals surface area (Å²) in [5, 5.41) is 3.08. The van der Waals surface area contributed by atoms with Crippen LogP contribution in [0.2, 0.25) is 0 Å². The zero-order chi connectivity index (χ0) is 10.7. The standard InChI is InChI=1S/C12H22N2O/c1-14(9-10-5-2-3-6-10)12(15)13-11-7-4-8-11/h10-11H,2-9H2,1H3,(H,13,15). The first-order valence-corrected chi connectivity index (χ1v) is 6.27. The first-order chi connectivity index (χ1) is 7.25. The van der Waals surface area contributed by atoms with Gasteiger partial charge in [-0.15, -0.1) is 0 Å². The molecular weight excluding hydrogens is 188 g/mol. The van der Waals surface area contributed by atoms with Crippen LogP contribution < -0.4 is 5.32 Å². The van der Waals surface area contributed by atoms with Crippen LogP contribution in [0.5, 0.6) is 0 Å². The number of nitrogens with one attached hydrogen (secondary N) is 1. The zero-order valence-electron chi connectivity index (χ0n) is 9.67. The number of hydrogen-bond donors (Lipinski definition) is 1. The molecule has 0 spiro atoms. The smallest absolute Gasteiger partial charge is 0.317 e. The minimum absolute atomic E-state index is 0.131. The Morgan fingerprint density at radius 2 is 1.87 bits per heavy atom. The number of rotatable bonds is 3. The Balaban J connectivity index is 1.68. The van der Waals surface area contributed by atoms with Gasteiger partial charge in [0.1, 0.15) is 0 Å². The maximum Gasteiger partial charge on any atom is 0.317 e. The van der Waals surface area contributed by atoms with Gasteiger partial charge >= 0.3 is 6.03 Å². The summed E-state index contributed by atoms with van der Waals surface area (Å²) < 4.78 is 0. The Kier molecular flexibility index (Phi) is 3.49. The molecule has 0 bridgehead atoms. The average Bonchev–Trinajstić information content (AvgIpc) is 2.63. The van der Waals surface area contributed by atoms with Crippen molar-refractivity contribution in [3.05, 3.63) is 0 Å². The predicted octanol–water partition coefficient (Wildman–Crippen LogP) is 2.37. The lowest BCUT2D eigenvalue weighted by molar-refractivity contribution is 0.189. The molecule has 0 aromatic heterocycles. The van der Waals surface area contributed by atoms with Gasteiger partial charge in [0.25, 0.3) is 0 Å². The highest BCUT2D eigenvalue weighted by atomic mass is 16.2. The molecule has 3 nitrogen and oxygen atoms in total. The maximum absolute atomic E-state index is 11.7. The number of hydrogen-bond acceptors (Lipinski definition) is 1. The van der Waals surface area contributed by atoms with Gasteiger partial charge in [-0.25, -0.2) is 4.79 Å². The summed E-state index contributed by atoms with van der Waals surface area (Å²) in [4.78, 5) is 13.6. The fraction of sp³-hybridized carbons (Fsp3) is 0.917. The molecule has 0 radical (unpaired) electrons. The van der Waals surface area contributed by atoms with Crippen LogP contribution in [0.1, 0.15) is 44.9 Å². The molecule has 2 aliphatic rings. The van der Waals surface area contributed by atoms with Crippen LogP contribution in [0.15, 0.2) is 0 Å². The van der Waals surface area contributed by atoms with Gasteiger partial charge in [-0.3, -0.25) is 0 Å². The van der Waals surface area contributed by atoms with E-state index in [4.69, 9.17) is 0 Å². The van der Waals surface area contributed by atoms with Crippen molar-refractivity contribution in [1.29, 1.82) is 0 Å². The molecule has 0 heterocycles. The van der Waals surface area contributed by atoms with Crippen molar-refractivity contribution in [2.24, 2.45) is 5.92 Å². The molecule has 2 fully saturated rings. The number of carbonyl (C=O) groups excluding carboxylic acids is 1. The van der Waals surface area contributed by atoms with Gasteiger partial charge in [-0.05, 0) is 38.0 Å². The summed E-state index contributed by atoms with van der Waals surface area (Å²) in [5.41, 5.74) is 0. The molecule has 2 rings (SSSR count). The summed E-state index contributed by atoms with van der Waals surface area (Å²) in [6.07, 6.45) is 8.93. The minimum atomic E-state index is 0.131. The van der Waals surface area contributed by atoms with Crippen molar-refractivity contribution in [3.8, 4) is 0 Å². The average molecular weight is 210 g/mol. The first-order valence-electron chi connectivity index (χ1n) is 6.27. The molecule has 86 valence electrons. The molecular formula is C12H22N2O. The van der Waals surface area contributed by atoms with E-state index in [0.29, 0.717) is 6.04 Å². The minimum Gasteiger partial charge on any atom is -0.335 e. The molecule has 2 saturated carbocycles. The van der Waals surface area contributed by atoms with Crippen LogP contribution in [0.3, 0.4) is 0 Å². The van der Waals surface area contributed by atoms with E-state index in [-0.39, 0.29) is 6.03 Å². The van der Waals surface area contributed by atoms with Crippen LogP contribution in [0, 0.1) is 5.92 Å². The molecule has 3 heteroatoms. The summed E-state index contributed by atoms with van der Waals surface area (Å²) in [6, 6.07) is 0.593. The molecule has 0 atom stereocenters. The Morgan fingerprint density at radius 1 is 1.20 bits per heavy atom. The van der Waals surface area contributed by atoms with E-state index in [1.807, 2.05) is 11.9 Å². The van der Waals surface area contributed by atoms with E-state index in [2.05, 4.69) is 5.32 Å². The van der Waals surface area contributed by atoms with Crippen LogP contribution >= 0.6 is 0 Å². The molecule has 15 heavy (non-hydrogen) atoms. The lowest BCUT2D eigenvalue weighted by Crippen LogP contribution is -2.46. The molecule has 0 saturated heterocycles. The largest absolute Gasteiger partial charge is 0.335 e. The van der Waals surface area contributed by atoms with Gasteiger partial charge in [0.2, 0.25) is 0 Å². The topological polar surface area (TPSA) is 32.3 Å². The molecule has 0 unspecified atom stereocenters. The third-order valence-electron chi connectivity index (χ3n) is 3.79. The molecule has 2 aliphatic carbocycles. The normalized spacial score (nSPS) is 22.5. The van der Waals surface area contributed by atoms with Gasteiger partial charge in [0.05, 0.1) is 0 Å². The zero-order valence-corrected chi connectivity index (χ0v) is 9.67. The van der Waals surface area contributed by atoms with Crippen LogP contribution in [-0.4, -0.2) is 30.6 Å². The van der Waals surface area contributed by atoms with Crippen molar-refractivity contribution in [3.63, 3.8) is 0 Å². The van der Waals surface area contributed by atoms with E-state index in [0.717, 1.165) is 12.5 Å². The summed E-state index contributed by atoms with van der Waals surface area (Å²) in [7, 11) is 1.92. The van der Waals surface area contributed by atoms with Crippen molar-refractivity contribution >= 4 is 6.03 Å². The molecule has 0 aliphatic heterocycles. The second-order valence-corrected chi connectivity index (χ2v) is 5.11. The number of nitrogens with zero attached hydrogens (tertiary/aromatic N) is 1. The second-order valence-electron chi connectivity index (χ2n) is 5.11. The van der Waals surface area contributed by atoms with E-state index >= 15 is 0 Å². The van der Waals surface area contributed by atoms with Crippen molar-refractivity contribution in [1.82, 2.24) is 10.2 Å². The van der Waals surface area contributed by atoms with Crippen molar-refractivity contribution in [2.75, 3.05) is 13.6 Å². The highest BCUT2D eigenvalue weighted by Crippen LogP contribution is 2.25. The molecule has 2 amide bonds. The summed E-state index contributed by atoms with van der Waals surface area (Å²) >= 11 is 0. The SMILES string of the molecule is CN(CC1CCCC1)C(=O)NC1CCC1. The lowest BCUT2D eigenvalue weighted by Gasteiger charge is -2.30. The van der Waals surface area contributed by atoms with Gasteiger partial charge in [-0.2, -0.15) is 0 Å². The monoisotopic (exact) mass is 210 g/mol. The van der Waals surface area contributed by atoms with Crippen molar-refractivity contribution in [2.45, 2.75) is 51.0 Å². The fourth-order valence-corrected chi connectivity index (χ4v) is 2.50.